The normalized spacial score (nSPS) is 13.1. The number of ether oxygens (including phenoxy) is 2. The molecule has 2 aromatic rings. The third-order valence-corrected chi connectivity index (χ3v) is 4.32. The Hall–Kier alpha value is -2.24. The highest BCUT2D eigenvalue weighted by molar-refractivity contribution is 14.0. The van der Waals surface area contributed by atoms with Crippen LogP contribution in [-0.4, -0.2) is 43.9 Å². The zero-order valence-corrected chi connectivity index (χ0v) is 18.8. The van der Waals surface area contributed by atoms with Gasteiger partial charge in [0.2, 0.25) is 5.88 Å². The summed E-state index contributed by atoms with van der Waals surface area (Å²) >= 11 is 0. The monoisotopic (exact) mass is 536 g/mol. The lowest BCUT2D eigenvalue weighted by Crippen LogP contribution is -2.37. The van der Waals surface area contributed by atoms with Crippen molar-refractivity contribution in [2.75, 3.05) is 26.8 Å². The Balaban J connectivity index is 0.00000320. The van der Waals surface area contributed by atoms with E-state index in [1.807, 2.05) is 6.07 Å². The molecule has 0 spiro atoms. The molecule has 0 bridgehead atoms. The summed E-state index contributed by atoms with van der Waals surface area (Å²) in [6.07, 6.45) is -1.11. The average Bonchev–Trinajstić information content (AvgIpc) is 3.17. The molecule has 0 fully saturated rings. The molecule has 1 aliphatic rings. The number of halogens is 4. The second-order valence-corrected chi connectivity index (χ2v) is 6.55. The van der Waals surface area contributed by atoms with Crippen molar-refractivity contribution in [2.24, 2.45) is 4.99 Å². The summed E-state index contributed by atoms with van der Waals surface area (Å²) in [6.45, 7) is 0.535. The number of fused-ring (bicyclic) bond motifs is 1. The van der Waals surface area contributed by atoms with Gasteiger partial charge in [-0.05, 0) is 29.2 Å². The molecule has 1 aliphatic heterocycles. The zero-order chi connectivity index (χ0) is 20.7. The minimum Gasteiger partial charge on any atom is -0.493 e. The number of pyridine rings is 1. The van der Waals surface area contributed by atoms with Crippen molar-refractivity contribution in [3.63, 3.8) is 0 Å². The van der Waals surface area contributed by atoms with Gasteiger partial charge >= 0.3 is 6.18 Å². The van der Waals surface area contributed by atoms with Gasteiger partial charge in [0.05, 0.1) is 6.61 Å². The molecular formula is C20H24F3IN4O2. The summed E-state index contributed by atoms with van der Waals surface area (Å²) < 4.78 is 46.6. The first-order valence-corrected chi connectivity index (χ1v) is 9.26. The van der Waals surface area contributed by atoms with E-state index < -0.39 is 12.8 Å². The largest absolute Gasteiger partial charge is 0.493 e. The Morgan fingerprint density at radius 1 is 1.20 bits per heavy atom. The van der Waals surface area contributed by atoms with Gasteiger partial charge in [0.25, 0.3) is 0 Å². The highest BCUT2D eigenvalue weighted by Gasteiger charge is 2.28. The smallest absolute Gasteiger partial charge is 0.422 e. The first-order valence-electron chi connectivity index (χ1n) is 9.26. The van der Waals surface area contributed by atoms with Gasteiger partial charge in [0, 0.05) is 38.8 Å². The minimum atomic E-state index is -4.38. The summed E-state index contributed by atoms with van der Waals surface area (Å²) in [5.41, 5.74) is 3.28. The van der Waals surface area contributed by atoms with E-state index in [0.29, 0.717) is 19.0 Å². The summed E-state index contributed by atoms with van der Waals surface area (Å²) in [6, 6.07) is 9.33. The van der Waals surface area contributed by atoms with Crippen LogP contribution in [0.3, 0.4) is 0 Å². The lowest BCUT2D eigenvalue weighted by molar-refractivity contribution is -0.154. The number of benzene rings is 1. The van der Waals surface area contributed by atoms with Crippen molar-refractivity contribution in [2.45, 2.75) is 25.6 Å². The van der Waals surface area contributed by atoms with Gasteiger partial charge in [-0.2, -0.15) is 13.2 Å². The van der Waals surface area contributed by atoms with E-state index in [2.05, 4.69) is 37.5 Å². The first kappa shape index (κ1) is 24.0. The topological polar surface area (TPSA) is 67.8 Å². The predicted octanol–water partition coefficient (Wildman–Crippen LogP) is 3.48. The maximum atomic E-state index is 12.1. The predicted molar refractivity (Wildman–Crippen MR) is 119 cm³/mol. The zero-order valence-electron chi connectivity index (χ0n) is 16.5. The molecular weight excluding hydrogens is 512 g/mol. The molecule has 30 heavy (non-hydrogen) atoms. The molecule has 0 saturated carbocycles. The van der Waals surface area contributed by atoms with Crippen LogP contribution >= 0.6 is 24.0 Å². The highest BCUT2D eigenvalue weighted by Crippen LogP contribution is 2.25. The maximum Gasteiger partial charge on any atom is 0.422 e. The number of aromatic nitrogens is 1. The quantitative estimate of drug-likeness (QED) is 0.323. The number of hydrogen-bond donors (Lipinski definition) is 2. The van der Waals surface area contributed by atoms with E-state index in [9.17, 15) is 13.2 Å². The van der Waals surface area contributed by atoms with E-state index in [-0.39, 0.29) is 29.9 Å². The fourth-order valence-electron chi connectivity index (χ4n) is 2.88. The number of hydrogen-bond acceptors (Lipinski definition) is 4. The molecule has 164 valence electrons. The molecule has 3 rings (SSSR count). The van der Waals surface area contributed by atoms with Crippen LogP contribution in [0.25, 0.3) is 0 Å². The Morgan fingerprint density at radius 2 is 2.00 bits per heavy atom. The van der Waals surface area contributed by atoms with Crippen molar-refractivity contribution in [3.05, 3.63) is 53.2 Å². The Bertz CT molecular complexity index is 845. The number of nitrogens with one attached hydrogen (secondary N) is 2. The average molecular weight is 536 g/mol. The van der Waals surface area contributed by atoms with Gasteiger partial charge < -0.3 is 20.1 Å². The van der Waals surface area contributed by atoms with Crippen LogP contribution in [-0.2, 0) is 19.4 Å². The van der Waals surface area contributed by atoms with Crippen molar-refractivity contribution in [3.8, 4) is 11.6 Å². The number of alkyl halides is 3. The molecule has 1 aromatic carbocycles. The van der Waals surface area contributed by atoms with E-state index >= 15 is 0 Å². The van der Waals surface area contributed by atoms with Crippen LogP contribution in [0.2, 0.25) is 0 Å². The minimum absolute atomic E-state index is 0. The summed E-state index contributed by atoms with van der Waals surface area (Å²) in [7, 11) is 1.67. The third kappa shape index (κ3) is 7.54. The van der Waals surface area contributed by atoms with Crippen LogP contribution < -0.4 is 20.1 Å². The van der Waals surface area contributed by atoms with Gasteiger partial charge in [-0.25, -0.2) is 4.98 Å². The molecule has 0 atom stereocenters. The Kier molecular flexibility index (Phi) is 9.00. The molecule has 0 amide bonds. The second-order valence-electron chi connectivity index (χ2n) is 6.55. The molecule has 0 radical (unpaired) electrons. The maximum absolute atomic E-state index is 12.1. The van der Waals surface area contributed by atoms with Crippen LogP contribution in [0.15, 0.2) is 41.5 Å². The van der Waals surface area contributed by atoms with Gasteiger partial charge in [-0.15, -0.1) is 24.0 Å². The Morgan fingerprint density at radius 3 is 2.70 bits per heavy atom. The number of nitrogens with zero attached hydrogens (tertiary/aromatic N) is 2. The summed E-state index contributed by atoms with van der Waals surface area (Å²) in [4.78, 5) is 8.05. The lowest BCUT2D eigenvalue weighted by Gasteiger charge is -2.13. The number of rotatable bonds is 7. The molecule has 2 N–H and O–H groups in total. The third-order valence-electron chi connectivity index (χ3n) is 4.32. The first-order chi connectivity index (χ1) is 13.9. The number of guanidine groups is 1. The molecule has 0 unspecified atom stereocenters. The van der Waals surface area contributed by atoms with Crippen molar-refractivity contribution in [1.82, 2.24) is 15.6 Å². The van der Waals surface area contributed by atoms with Crippen LogP contribution in [0.4, 0.5) is 13.2 Å². The second kappa shape index (κ2) is 11.2. The van der Waals surface area contributed by atoms with E-state index in [4.69, 9.17) is 4.74 Å². The van der Waals surface area contributed by atoms with Crippen molar-refractivity contribution >= 4 is 29.9 Å². The van der Waals surface area contributed by atoms with Crippen LogP contribution in [0, 0.1) is 0 Å². The fourth-order valence-corrected chi connectivity index (χ4v) is 2.88. The molecule has 0 aliphatic carbocycles. The SMILES string of the molecule is CN=C(NCCc1ccc2c(c1)CCO2)NCc1ccc(OCC(F)(F)F)nc1.I. The van der Waals surface area contributed by atoms with E-state index in [1.54, 1.807) is 13.1 Å². The standard InChI is InChI=1S/C20H23F3N4O2.HI/c1-24-19(25-8-6-14-2-4-17-16(10-14)7-9-28-17)27-12-15-3-5-18(26-11-15)29-13-20(21,22)23;/h2-5,10-11H,6-9,12-13H2,1H3,(H2,24,25,27);1H. The molecule has 10 heteroatoms. The fraction of sp³-hybridized carbons (Fsp3) is 0.400. The number of aliphatic imine (C=N–C) groups is 1. The van der Waals surface area contributed by atoms with Gasteiger partial charge in [-0.3, -0.25) is 4.99 Å². The lowest BCUT2D eigenvalue weighted by atomic mass is 10.1. The molecule has 6 nitrogen and oxygen atoms in total. The van der Waals surface area contributed by atoms with Crippen molar-refractivity contribution in [1.29, 1.82) is 0 Å². The molecule has 0 saturated heterocycles. The van der Waals surface area contributed by atoms with Crippen LogP contribution in [0.5, 0.6) is 11.6 Å². The van der Waals surface area contributed by atoms with Gasteiger partial charge in [0.15, 0.2) is 12.6 Å². The highest BCUT2D eigenvalue weighted by atomic mass is 127. The summed E-state index contributed by atoms with van der Waals surface area (Å²) in [5.74, 6) is 1.54. The van der Waals surface area contributed by atoms with E-state index in [0.717, 1.165) is 30.8 Å². The summed E-state index contributed by atoms with van der Waals surface area (Å²) in [5, 5.41) is 6.39. The molecule has 1 aromatic heterocycles. The van der Waals surface area contributed by atoms with Gasteiger partial charge in [-0.1, -0.05) is 18.2 Å². The van der Waals surface area contributed by atoms with Crippen molar-refractivity contribution < 1.29 is 22.6 Å². The Labute approximate surface area is 190 Å². The molecule has 2 heterocycles. The van der Waals surface area contributed by atoms with Crippen LogP contribution in [0.1, 0.15) is 16.7 Å². The van der Waals surface area contributed by atoms with E-state index in [1.165, 1.54) is 23.4 Å². The van der Waals surface area contributed by atoms with Gasteiger partial charge in [0.1, 0.15) is 5.75 Å².